The fraction of sp³-hybridized carbons (Fsp3) is 0.160. The second kappa shape index (κ2) is 7.94. The largest absolute Gasteiger partial charge is 0.465 e. The summed E-state index contributed by atoms with van der Waals surface area (Å²) in [6, 6.07) is 21.6. The van der Waals surface area contributed by atoms with Crippen LogP contribution in [-0.4, -0.2) is 51.9 Å². The Balaban J connectivity index is 1.58. The summed E-state index contributed by atoms with van der Waals surface area (Å²) in [6.45, 7) is 1.95. The van der Waals surface area contributed by atoms with Crippen LogP contribution in [0.1, 0.15) is 12.7 Å². The van der Waals surface area contributed by atoms with Crippen molar-refractivity contribution in [1.82, 2.24) is 10.0 Å². The lowest BCUT2D eigenvalue weighted by Crippen LogP contribution is -2.50. The standard InChI is InChI=1S/C25H23N4O3/c1-18-23(25(31)28(26(18)2)21-12-7-4-8-13-21)29-24(30)19(16-22-14-9-15-32-22)17-27(29)20-10-5-3-6-11-20/h3-18,23H,1-2H3/q+1/b19-16+. The molecule has 32 heavy (non-hydrogen) atoms. The number of hydrazone groups is 1. The van der Waals surface area contributed by atoms with E-state index in [9.17, 15) is 9.59 Å². The number of para-hydroxylation sites is 2. The molecule has 0 aliphatic carbocycles. The molecule has 0 spiro atoms. The normalized spacial score (nSPS) is 22.8. The van der Waals surface area contributed by atoms with Gasteiger partial charge in [0.05, 0.1) is 18.0 Å². The van der Waals surface area contributed by atoms with Crippen molar-refractivity contribution in [3.8, 4) is 0 Å². The van der Waals surface area contributed by atoms with Crippen LogP contribution in [0.15, 0.2) is 89.0 Å². The minimum Gasteiger partial charge on any atom is -0.465 e. The molecule has 1 aromatic heterocycles. The molecule has 2 atom stereocenters. The van der Waals surface area contributed by atoms with Gasteiger partial charge in [0.25, 0.3) is 5.91 Å². The Morgan fingerprint density at radius 1 is 0.938 bits per heavy atom. The predicted octanol–water partition coefficient (Wildman–Crippen LogP) is 3.49. The first kappa shape index (κ1) is 20.0. The number of amides is 2. The molecule has 3 heterocycles. The van der Waals surface area contributed by atoms with E-state index in [4.69, 9.17) is 4.42 Å². The minimum atomic E-state index is -0.702. The van der Waals surface area contributed by atoms with Gasteiger partial charge in [0.15, 0.2) is 6.04 Å². The van der Waals surface area contributed by atoms with E-state index < -0.39 is 6.04 Å². The van der Waals surface area contributed by atoms with Crippen LogP contribution < -0.4 is 5.01 Å². The molecule has 1 fully saturated rings. The van der Waals surface area contributed by atoms with Gasteiger partial charge in [-0.1, -0.05) is 46.1 Å². The lowest BCUT2D eigenvalue weighted by molar-refractivity contribution is -0.598. The van der Waals surface area contributed by atoms with Crippen LogP contribution in [0.5, 0.6) is 0 Å². The van der Waals surface area contributed by atoms with Crippen LogP contribution in [0.25, 0.3) is 6.08 Å². The maximum Gasteiger partial charge on any atom is 0.315 e. The number of hydrogen-bond acceptors (Lipinski definition) is 4. The molecule has 2 amide bonds. The van der Waals surface area contributed by atoms with E-state index in [2.05, 4.69) is 0 Å². The first-order valence-corrected chi connectivity index (χ1v) is 10.5. The van der Waals surface area contributed by atoms with Crippen molar-refractivity contribution in [2.75, 3.05) is 12.1 Å². The number of hydrazine groups is 2. The van der Waals surface area contributed by atoms with E-state index in [1.807, 2.05) is 79.6 Å². The van der Waals surface area contributed by atoms with E-state index >= 15 is 0 Å². The minimum absolute atomic E-state index is 0.159. The molecule has 160 valence electrons. The first-order valence-electron chi connectivity index (χ1n) is 10.5. The molecular formula is C25H23N4O3+. The monoisotopic (exact) mass is 427 g/mol. The van der Waals surface area contributed by atoms with Gasteiger partial charge >= 0.3 is 5.91 Å². The van der Waals surface area contributed by atoms with Crippen LogP contribution in [0.4, 0.5) is 11.4 Å². The second-order valence-electron chi connectivity index (χ2n) is 7.82. The number of carbonyl (C=O) groups is 2. The molecule has 0 radical (unpaired) electrons. The number of rotatable bonds is 4. The summed E-state index contributed by atoms with van der Waals surface area (Å²) < 4.78 is 7.17. The Bertz CT molecular complexity index is 1200. The van der Waals surface area contributed by atoms with Gasteiger partial charge in [-0.25, -0.2) is 10.0 Å². The van der Waals surface area contributed by atoms with Crippen molar-refractivity contribution in [3.63, 3.8) is 0 Å². The maximum atomic E-state index is 13.7. The van der Waals surface area contributed by atoms with Crippen molar-refractivity contribution in [3.05, 3.63) is 90.4 Å². The second-order valence-corrected chi connectivity index (χ2v) is 7.82. The zero-order valence-electron chi connectivity index (χ0n) is 17.8. The predicted molar refractivity (Wildman–Crippen MR) is 121 cm³/mol. The zero-order chi connectivity index (χ0) is 22.2. The number of nitrogens with zero attached hydrogens (tertiary/aromatic N) is 4. The Morgan fingerprint density at radius 2 is 1.62 bits per heavy atom. The fourth-order valence-electron chi connectivity index (χ4n) is 4.21. The third-order valence-corrected chi connectivity index (χ3v) is 5.90. The zero-order valence-corrected chi connectivity index (χ0v) is 17.8. The van der Waals surface area contributed by atoms with Gasteiger partial charge in [0, 0.05) is 19.2 Å². The van der Waals surface area contributed by atoms with Crippen molar-refractivity contribution in [1.29, 1.82) is 0 Å². The molecule has 7 heteroatoms. The fourth-order valence-corrected chi connectivity index (χ4v) is 4.21. The molecule has 2 aliphatic heterocycles. The van der Waals surface area contributed by atoms with Crippen LogP contribution in [0, 0.1) is 0 Å². The van der Waals surface area contributed by atoms with E-state index in [-0.39, 0.29) is 17.9 Å². The molecule has 0 saturated carbocycles. The van der Waals surface area contributed by atoms with Crippen molar-refractivity contribution < 1.29 is 18.7 Å². The van der Waals surface area contributed by atoms with Crippen molar-refractivity contribution in [2.45, 2.75) is 19.0 Å². The summed E-state index contributed by atoms with van der Waals surface area (Å²) in [7, 11) is 1.87. The van der Waals surface area contributed by atoms with Gasteiger partial charge in [0.1, 0.15) is 11.3 Å². The average molecular weight is 427 g/mol. The third kappa shape index (κ3) is 3.23. The highest BCUT2D eigenvalue weighted by Crippen LogP contribution is 2.33. The number of likely N-dealkylation sites (N-methyl/N-ethyl adjacent to an activating group) is 1. The molecule has 0 N–H and O–H groups in total. The summed E-state index contributed by atoms with van der Waals surface area (Å²) in [5.41, 5.74) is 2.01. The Hall–Kier alpha value is -3.97. The Labute approximate surface area is 186 Å². The molecular weight excluding hydrogens is 404 g/mol. The van der Waals surface area contributed by atoms with Crippen molar-refractivity contribution in [2.24, 2.45) is 0 Å². The molecule has 3 aromatic rings. The average Bonchev–Trinajstić information content (AvgIpc) is 3.49. The van der Waals surface area contributed by atoms with Gasteiger partial charge in [-0.15, -0.1) is 0 Å². The van der Waals surface area contributed by atoms with E-state index in [0.29, 0.717) is 11.3 Å². The number of anilines is 1. The highest BCUT2D eigenvalue weighted by atomic mass is 16.3. The van der Waals surface area contributed by atoms with Crippen molar-refractivity contribution >= 4 is 35.5 Å². The summed E-state index contributed by atoms with van der Waals surface area (Å²) in [6.07, 6.45) is 5.01. The van der Waals surface area contributed by atoms with Gasteiger partial charge in [-0.2, -0.15) is 0 Å². The lowest BCUT2D eigenvalue weighted by atomic mass is 10.1. The molecule has 5 rings (SSSR count). The molecule has 2 aromatic carbocycles. The molecule has 0 bridgehead atoms. The number of hydrogen-bond donors (Lipinski definition) is 0. The summed E-state index contributed by atoms with van der Waals surface area (Å²) in [5.74, 6) is 0.167. The van der Waals surface area contributed by atoms with E-state index in [1.54, 1.807) is 45.4 Å². The third-order valence-electron chi connectivity index (χ3n) is 5.90. The Kier molecular flexibility index (Phi) is 4.95. The highest BCUT2D eigenvalue weighted by molar-refractivity contribution is 6.17. The molecule has 7 nitrogen and oxygen atoms in total. The summed E-state index contributed by atoms with van der Waals surface area (Å²) >= 11 is 0. The SMILES string of the molecule is CC1C(N2C(=O)/C(=C/c3ccco3)C=[N+]2c2ccccc2)C(=O)N(c2ccccc2)N1C. The topological polar surface area (TPSA) is 60.0 Å². The highest BCUT2D eigenvalue weighted by Gasteiger charge is 2.55. The number of carbonyl (C=O) groups excluding carboxylic acids is 2. The van der Waals surface area contributed by atoms with E-state index in [1.165, 1.54) is 0 Å². The van der Waals surface area contributed by atoms with Gasteiger partial charge in [-0.05, 0) is 37.3 Å². The number of benzene rings is 2. The Morgan fingerprint density at radius 3 is 2.28 bits per heavy atom. The van der Waals surface area contributed by atoms with Gasteiger partial charge < -0.3 is 4.42 Å². The quantitative estimate of drug-likeness (QED) is 0.473. The molecule has 2 unspecified atom stereocenters. The van der Waals surface area contributed by atoms with Crippen LogP contribution in [0.3, 0.4) is 0 Å². The first-order chi connectivity index (χ1) is 15.6. The van der Waals surface area contributed by atoms with Gasteiger partial charge in [-0.3, -0.25) is 9.59 Å². The van der Waals surface area contributed by atoms with Crippen LogP contribution in [-0.2, 0) is 9.59 Å². The van der Waals surface area contributed by atoms with Crippen LogP contribution in [0.2, 0.25) is 0 Å². The van der Waals surface area contributed by atoms with Gasteiger partial charge in [0.2, 0.25) is 11.9 Å². The van der Waals surface area contributed by atoms with E-state index in [0.717, 1.165) is 11.4 Å². The van der Waals surface area contributed by atoms with Crippen LogP contribution >= 0.6 is 0 Å². The summed E-state index contributed by atoms with van der Waals surface area (Å²) in [4.78, 5) is 27.3. The summed E-state index contributed by atoms with van der Waals surface area (Å²) in [5, 5.41) is 5.07. The number of furan rings is 1. The smallest absolute Gasteiger partial charge is 0.315 e. The lowest BCUT2D eigenvalue weighted by Gasteiger charge is -2.26. The molecule has 1 saturated heterocycles. The maximum absolute atomic E-state index is 13.7. The molecule has 2 aliphatic rings.